The first-order valence-electron chi connectivity index (χ1n) is 13.8. The van der Waals surface area contributed by atoms with Crippen LogP contribution in [-0.2, 0) is 10.2 Å². The summed E-state index contributed by atoms with van der Waals surface area (Å²) in [6, 6.07) is 18.0. The van der Waals surface area contributed by atoms with Gasteiger partial charge in [0.2, 0.25) is 5.96 Å². The van der Waals surface area contributed by atoms with E-state index in [4.69, 9.17) is 14.5 Å². The SMILES string of the molecule is COc1cccc(N2CCN(C3=Nc4c(F)cccc4C(CC(=O)O)N3c3cc(C(C)(C)C)ccc3OC)CC2)c1. The quantitative estimate of drug-likeness (QED) is 0.397. The third kappa shape index (κ3) is 5.66. The molecule has 0 radical (unpaired) electrons. The Labute approximate surface area is 240 Å². The Morgan fingerprint density at radius 2 is 1.68 bits per heavy atom. The second-order valence-electron chi connectivity index (χ2n) is 11.4. The van der Waals surface area contributed by atoms with E-state index < -0.39 is 17.8 Å². The predicted octanol–water partition coefficient (Wildman–Crippen LogP) is 5.99. The molecule has 9 heteroatoms. The number of rotatable bonds is 6. The number of hydrogen-bond acceptors (Lipinski definition) is 7. The number of ether oxygens (including phenoxy) is 2. The van der Waals surface area contributed by atoms with E-state index in [2.05, 4.69) is 36.6 Å². The van der Waals surface area contributed by atoms with Crippen LogP contribution in [0.5, 0.6) is 11.5 Å². The molecular formula is C32H37FN4O4. The minimum absolute atomic E-state index is 0.164. The van der Waals surface area contributed by atoms with Gasteiger partial charge in [-0.3, -0.25) is 4.79 Å². The van der Waals surface area contributed by atoms with Gasteiger partial charge in [0.15, 0.2) is 0 Å². The molecule has 0 aromatic heterocycles. The van der Waals surface area contributed by atoms with Gasteiger partial charge in [-0.25, -0.2) is 9.38 Å². The van der Waals surface area contributed by atoms with Gasteiger partial charge in [-0.15, -0.1) is 0 Å². The molecule has 1 N–H and O–H groups in total. The fraction of sp³-hybridized carbons (Fsp3) is 0.375. The summed E-state index contributed by atoms with van der Waals surface area (Å²) in [6.07, 6.45) is -0.234. The average Bonchev–Trinajstić information content (AvgIpc) is 2.96. The van der Waals surface area contributed by atoms with Gasteiger partial charge in [-0.1, -0.05) is 45.0 Å². The molecule has 0 bridgehead atoms. The topological polar surface area (TPSA) is 77.8 Å². The van der Waals surface area contributed by atoms with E-state index in [0.29, 0.717) is 49.1 Å². The molecule has 8 nitrogen and oxygen atoms in total. The number of guanidine groups is 1. The molecule has 2 heterocycles. The molecule has 1 atom stereocenters. The number of carbonyl (C=O) groups is 1. The highest BCUT2D eigenvalue weighted by Crippen LogP contribution is 2.45. The maximum absolute atomic E-state index is 15.2. The molecule has 1 unspecified atom stereocenters. The summed E-state index contributed by atoms with van der Waals surface area (Å²) in [6.45, 7) is 9.00. The second kappa shape index (κ2) is 11.3. The van der Waals surface area contributed by atoms with Crippen LogP contribution in [0.1, 0.15) is 44.4 Å². The van der Waals surface area contributed by atoms with Crippen LogP contribution in [0.25, 0.3) is 0 Å². The lowest BCUT2D eigenvalue weighted by atomic mass is 9.86. The van der Waals surface area contributed by atoms with Crippen LogP contribution in [0, 0.1) is 5.82 Å². The van der Waals surface area contributed by atoms with Crippen LogP contribution in [0.4, 0.5) is 21.5 Å². The summed E-state index contributed by atoms with van der Waals surface area (Å²) in [7, 11) is 3.25. The highest BCUT2D eigenvalue weighted by Gasteiger charge is 2.39. The normalized spacial score (nSPS) is 17.2. The number of fused-ring (bicyclic) bond motifs is 1. The maximum atomic E-state index is 15.2. The molecule has 216 valence electrons. The fourth-order valence-corrected chi connectivity index (χ4v) is 5.53. The number of para-hydroxylation sites is 1. The molecule has 3 aromatic rings. The number of carboxylic acids is 1. The Bertz CT molecular complexity index is 1460. The number of aliphatic carboxylic acids is 1. The number of hydrogen-bond donors (Lipinski definition) is 1. The molecule has 2 aliphatic heterocycles. The molecule has 0 aliphatic carbocycles. The largest absolute Gasteiger partial charge is 0.497 e. The van der Waals surface area contributed by atoms with Gasteiger partial charge in [0.1, 0.15) is 23.0 Å². The Balaban J connectivity index is 1.60. The standard InChI is InChI=1S/C32H37FN4O4/c1-32(2,3)21-12-13-28(41-5)27(18-21)37-26(20-29(38)39)24-10-7-11-25(33)30(24)34-31(37)36-16-14-35(15-17-36)22-8-6-9-23(19-22)40-4/h6-13,18-19,26H,14-17,20H2,1-5H3,(H,38,39). The van der Waals surface area contributed by atoms with Gasteiger partial charge in [0.25, 0.3) is 0 Å². The minimum atomic E-state index is -0.981. The Morgan fingerprint density at radius 1 is 0.976 bits per heavy atom. The van der Waals surface area contributed by atoms with Crippen LogP contribution >= 0.6 is 0 Å². The summed E-state index contributed by atoms with van der Waals surface area (Å²) in [5.41, 5.74) is 3.39. The molecule has 1 saturated heterocycles. The zero-order valence-corrected chi connectivity index (χ0v) is 24.2. The molecule has 1 fully saturated rings. The van der Waals surface area contributed by atoms with Crippen molar-refractivity contribution in [1.82, 2.24) is 4.90 Å². The van der Waals surface area contributed by atoms with E-state index >= 15 is 4.39 Å². The van der Waals surface area contributed by atoms with Crippen molar-refractivity contribution in [2.24, 2.45) is 4.99 Å². The van der Waals surface area contributed by atoms with Crippen LogP contribution < -0.4 is 19.3 Å². The van der Waals surface area contributed by atoms with E-state index in [0.717, 1.165) is 17.0 Å². The van der Waals surface area contributed by atoms with E-state index in [1.807, 2.05) is 41.3 Å². The molecule has 2 aliphatic rings. The zero-order valence-electron chi connectivity index (χ0n) is 24.2. The zero-order chi connectivity index (χ0) is 29.3. The van der Waals surface area contributed by atoms with Crippen molar-refractivity contribution in [2.75, 3.05) is 50.2 Å². The first-order valence-corrected chi connectivity index (χ1v) is 13.8. The van der Waals surface area contributed by atoms with Crippen molar-refractivity contribution in [1.29, 1.82) is 0 Å². The third-order valence-corrected chi connectivity index (χ3v) is 7.77. The Hall–Kier alpha value is -4.27. The van der Waals surface area contributed by atoms with Gasteiger partial charge < -0.3 is 29.3 Å². The van der Waals surface area contributed by atoms with E-state index in [-0.39, 0.29) is 17.5 Å². The van der Waals surface area contributed by atoms with Crippen LogP contribution in [0.3, 0.4) is 0 Å². The summed E-state index contributed by atoms with van der Waals surface area (Å²) in [4.78, 5) is 23.4. The first kappa shape index (κ1) is 28.3. The minimum Gasteiger partial charge on any atom is -0.497 e. The Kier molecular flexibility index (Phi) is 7.80. The molecule has 5 rings (SSSR count). The van der Waals surface area contributed by atoms with Crippen molar-refractivity contribution in [2.45, 2.75) is 38.6 Å². The van der Waals surface area contributed by atoms with Crippen molar-refractivity contribution in [3.8, 4) is 11.5 Å². The number of carboxylic acid groups (broad SMARTS) is 1. The number of benzene rings is 3. The number of anilines is 2. The van der Waals surface area contributed by atoms with Crippen LogP contribution in [-0.4, -0.2) is 62.3 Å². The van der Waals surface area contributed by atoms with Gasteiger partial charge in [0, 0.05) is 43.5 Å². The molecule has 0 spiro atoms. The summed E-state index contributed by atoms with van der Waals surface area (Å²) < 4.78 is 26.5. The van der Waals surface area contributed by atoms with E-state index in [1.165, 1.54) is 6.07 Å². The summed E-state index contributed by atoms with van der Waals surface area (Å²) in [5.74, 6) is 0.451. The molecule has 0 amide bonds. The van der Waals surface area contributed by atoms with Gasteiger partial charge in [-0.2, -0.15) is 0 Å². The third-order valence-electron chi connectivity index (χ3n) is 7.77. The van der Waals surface area contributed by atoms with Crippen LogP contribution in [0.2, 0.25) is 0 Å². The lowest BCUT2D eigenvalue weighted by molar-refractivity contribution is -0.137. The lowest BCUT2D eigenvalue weighted by Crippen LogP contribution is -2.55. The Morgan fingerprint density at radius 3 is 2.34 bits per heavy atom. The van der Waals surface area contributed by atoms with Crippen molar-refractivity contribution in [3.63, 3.8) is 0 Å². The maximum Gasteiger partial charge on any atom is 0.305 e. The van der Waals surface area contributed by atoms with Gasteiger partial charge >= 0.3 is 5.97 Å². The number of methoxy groups -OCH3 is 2. The number of piperazine rings is 1. The second-order valence-corrected chi connectivity index (χ2v) is 11.4. The van der Waals surface area contributed by atoms with Gasteiger partial charge in [0.05, 0.1) is 32.4 Å². The number of halogens is 1. The van der Waals surface area contributed by atoms with Crippen molar-refractivity contribution < 1.29 is 23.8 Å². The lowest BCUT2D eigenvalue weighted by Gasteiger charge is -2.45. The number of aliphatic imine (C=N–C) groups is 1. The molecule has 41 heavy (non-hydrogen) atoms. The smallest absolute Gasteiger partial charge is 0.305 e. The van der Waals surface area contributed by atoms with Gasteiger partial charge in [-0.05, 0) is 41.3 Å². The van der Waals surface area contributed by atoms with Crippen molar-refractivity contribution in [3.05, 3.63) is 77.6 Å². The molecule has 0 saturated carbocycles. The molecular weight excluding hydrogens is 523 g/mol. The average molecular weight is 561 g/mol. The highest BCUT2D eigenvalue weighted by atomic mass is 19.1. The highest BCUT2D eigenvalue weighted by molar-refractivity contribution is 6.02. The number of nitrogens with zero attached hydrogens (tertiary/aromatic N) is 4. The summed E-state index contributed by atoms with van der Waals surface area (Å²) >= 11 is 0. The van der Waals surface area contributed by atoms with E-state index in [1.54, 1.807) is 26.4 Å². The first-order chi connectivity index (χ1) is 19.6. The van der Waals surface area contributed by atoms with Crippen LogP contribution in [0.15, 0.2) is 65.7 Å². The molecule has 3 aromatic carbocycles. The monoisotopic (exact) mass is 560 g/mol. The predicted molar refractivity (Wildman–Crippen MR) is 159 cm³/mol. The van der Waals surface area contributed by atoms with Crippen molar-refractivity contribution >= 4 is 29.0 Å². The fourth-order valence-electron chi connectivity index (χ4n) is 5.53. The van der Waals surface area contributed by atoms with E-state index in [9.17, 15) is 9.90 Å². The summed E-state index contributed by atoms with van der Waals surface area (Å²) in [5, 5.41) is 10.0.